The molecule has 0 aromatic heterocycles. The zero-order valence-electron chi connectivity index (χ0n) is 15.2. The molecular formula is C18H28N2O5. The Balaban J connectivity index is 2.79. The van der Waals surface area contributed by atoms with E-state index in [2.05, 4.69) is 10.6 Å². The number of hydrogen-bond donors (Lipinski definition) is 3. The van der Waals surface area contributed by atoms with Crippen molar-refractivity contribution in [2.45, 2.75) is 44.9 Å². The van der Waals surface area contributed by atoms with Gasteiger partial charge in [0.05, 0.1) is 12.6 Å². The Bertz CT molecular complexity index is 542. The minimum atomic E-state index is -1.41. The van der Waals surface area contributed by atoms with Crippen molar-refractivity contribution < 1.29 is 24.2 Å². The Morgan fingerprint density at radius 2 is 1.84 bits per heavy atom. The highest BCUT2D eigenvalue weighted by atomic mass is 16.6. The highest BCUT2D eigenvalue weighted by Crippen LogP contribution is 2.10. The number of aliphatic hydroxyl groups excluding tert-OH is 1. The van der Waals surface area contributed by atoms with Crippen molar-refractivity contribution in [1.29, 1.82) is 0 Å². The van der Waals surface area contributed by atoms with Crippen molar-refractivity contribution in [2.75, 3.05) is 20.3 Å². The lowest BCUT2D eigenvalue weighted by Gasteiger charge is -2.26. The zero-order chi connectivity index (χ0) is 18.9. The van der Waals surface area contributed by atoms with E-state index in [0.717, 1.165) is 5.56 Å². The number of rotatable bonds is 8. The number of ether oxygens (including phenoxy) is 2. The van der Waals surface area contributed by atoms with Gasteiger partial charge in [-0.3, -0.25) is 4.79 Å². The maximum Gasteiger partial charge on any atom is 0.407 e. The van der Waals surface area contributed by atoms with Gasteiger partial charge in [-0.1, -0.05) is 30.3 Å². The molecule has 0 saturated heterocycles. The highest BCUT2D eigenvalue weighted by molar-refractivity contribution is 5.82. The summed E-state index contributed by atoms with van der Waals surface area (Å²) in [5.74, 6) is -0.575. The van der Waals surface area contributed by atoms with E-state index in [0.29, 0.717) is 13.0 Å². The topological polar surface area (TPSA) is 96.9 Å². The van der Waals surface area contributed by atoms with E-state index in [1.54, 1.807) is 20.8 Å². The number of carbonyl (C=O) groups is 2. The standard InChI is InChI=1S/C18H28N2O5/c1-18(2,3)25-17(23)20-14(12-13-8-6-5-7-9-13)15(21)16(22)19-10-11-24-4/h5-9,14-15,21H,10-12H2,1-4H3,(H,19,22)(H,20,23)/t14?,15-/m0/s1. The van der Waals surface area contributed by atoms with E-state index in [4.69, 9.17) is 9.47 Å². The Labute approximate surface area is 148 Å². The molecule has 0 spiro atoms. The molecule has 0 aliphatic rings. The van der Waals surface area contributed by atoms with Crippen LogP contribution >= 0.6 is 0 Å². The molecule has 1 aromatic carbocycles. The van der Waals surface area contributed by atoms with Gasteiger partial charge in [0.1, 0.15) is 5.60 Å². The van der Waals surface area contributed by atoms with Crippen molar-refractivity contribution in [2.24, 2.45) is 0 Å². The molecule has 0 radical (unpaired) electrons. The highest BCUT2D eigenvalue weighted by Gasteiger charge is 2.29. The van der Waals surface area contributed by atoms with Crippen LogP contribution in [0.15, 0.2) is 30.3 Å². The van der Waals surface area contributed by atoms with Crippen LogP contribution in [0.25, 0.3) is 0 Å². The predicted octanol–water partition coefficient (Wildman–Crippen LogP) is 1.25. The molecule has 25 heavy (non-hydrogen) atoms. The molecule has 0 saturated carbocycles. The number of nitrogens with one attached hydrogen (secondary N) is 2. The second-order valence-corrected chi connectivity index (χ2v) is 6.67. The van der Waals surface area contributed by atoms with E-state index < -0.39 is 29.7 Å². The number of aliphatic hydroxyl groups is 1. The van der Waals surface area contributed by atoms with E-state index in [1.807, 2.05) is 30.3 Å². The van der Waals surface area contributed by atoms with Gasteiger partial charge in [-0.25, -0.2) is 4.79 Å². The fourth-order valence-corrected chi connectivity index (χ4v) is 2.13. The minimum Gasteiger partial charge on any atom is -0.444 e. The summed E-state index contributed by atoms with van der Waals surface area (Å²) in [6, 6.07) is 8.47. The third-order valence-corrected chi connectivity index (χ3v) is 3.26. The molecule has 1 rings (SSSR count). The van der Waals surface area contributed by atoms with Crippen LogP contribution in [0.2, 0.25) is 0 Å². The van der Waals surface area contributed by atoms with E-state index >= 15 is 0 Å². The van der Waals surface area contributed by atoms with Crippen LogP contribution in [0.3, 0.4) is 0 Å². The largest absolute Gasteiger partial charge is 0.444 e. The molecule has 0 aliphatic heterocycles. The normalized spacial score (nSPS) is 13.6. The summed E-state index contributed by atoms with van der Waals surface area (Å²) in [6.45, 7) is 5.84. The number of alkyl carbamates (subject to hydrolysis) is 1. The molecule has 7 nitrogen and oxygen atoms in total. The van der Waals surface area contributed by atoms with E-state index in [9.17, 15) is 14.7 Å². The van der Waals surface area contributed by atoms with Gasteiger partial charge in [0.25, 0.3) is 5.91 Å². The third-order valence-electron chi connectivity index (χ3n) is 3.26. The number of amides is 2. The molecule has 3 N–H and O–H groups in total. The van der Waals surface area contributed by atoms with E-state index in [-0.39, 0.29) is 6.54 Å². The summed E-state index contributed by atoms with van der Waals surface area (Å²) in [7, 11) is 1.52. The minimum absolute atomic E-state index is 0.275. The Morgan fingerprint density at radius 3 is 2.40 bits per heavy atom. The molecule has 1 unspecified atom stereocenters. The Morgan fingerprint density at radius 1 is 1.20 bits per heavy atom. The van der Waals surface area contributed by atoms with Gasteiger partial charge in [0.15, 0.2) is 6.10 Å². The maximum absolute atomic E-state index is 12.1. The first kappa shape index (κ1) is 20.9. The van der Waals surface area contributed by atoms with Gasteiger partial charge < -0.3 is 25.2 Å². The molecule has 0 bridgehead atoms. The molecule has 0 aliphatic carbocycles. The second-order valence-electron chi connectivity index (χ2n) is 6.67. The first-order valence-corrected chi connectivity index (χ1v) is 8.21. The molecule has 2 amide bonds. The van der Waals surface area contributed by atoms with Crippen molar-refractivity contribution >= 4 is 12.0 Å². The van der Waals surface area contributed by atoms with Crippen LogP contribution in [0.5, 0.6) is 0 Å². The van der Waals surface area contributed by atoms with Crippen molar-refractivity contribution in [3.63, 3.8) is 0 Å². The van der Waals surface area contributed by atoms with Gasteiger partial charge >= 0.3 is 6.09 Å². The molecule has 0 fully saturated rings. The third kappa shape index (κ3) is 8.51. The molecule has 1 aromatic rings. The fraction of sp³-hybridized carbons (Fsp3) is 0.556. The lowest BCUT2D eigenvalue weighted by molar-refractivity contribution is -0.130. The Kier molecular flexibility index (Phi) is 8.37. The summed E-state index contributed by atoms with van der Waals surface area (Å²) in [4.78, 5) is 24.2. The average Bonchev–Trinajstić information content (AvgIpc) is 2.53. The summed E-state index contributed by atoms with van der Waals surface area (Å²) in [5.41, 5.74) is 0.208. The number of hydrogen-bond acceptors (Lipinski definition) is 5. The molecule has 2 atom stereocenters. The van der Waals surface area contributed by atoms with Gasteiger partial charge in [0, 0.05) is 13.7 Å². The van der Waals surface area contributed by atoms with Gasteiger partial charge in [-0.15, -0.1) is 0 Å². The number of methoxy groups -OCH3 is 1. The van der Waals surface area contributed by atoms with Crippen LogP contribution in [0, 0.1) is 0 Å². The monoisotopic (exact) mass is 352 g/mol. The van der Waals surface area contributed by atoms with Gasteiger partial charge in [0.2, 0.25) is 0 Å². The fourth-order valence-electron chi connectivity index (χ4n) is 2.13. The smallest absolute Gasteiger partial charge is 0.407 e. The van der Waals surface area contributed by atoms with Gasteiger partial charge in [-0.2, -0.15) is 0 Å². The first-order valence-electron chi connectivity index (χ1n) is 8.21. The van der Waals surface area contributed by atoms with Crippen LogP contribution in [-0.2, 0) is 20.7 Å². The second kappa shape index (κ2) is 10.0. The van der Waals surface area contributed by atoms with Crippen LogP contribution in [0.1, 0.15) is 26.3 Å². The van der Waals surface area contributed by atoms with Crippen molar-refractivity contribution in [3.8, 4) is 0 Å². The predicted molar refractivity (Wildman–Crippen MR) is 94.2 cm³/mol. The van der Waals surface area contributed by atoms with Crippen LogP contribution in [0.4, 0.5) is 4.79 Å². The molecule has 7 heteroatoms. The van der Waals surface area contributed by atoms with Crippen LogP contribution in [-0.4, -0.2) is 55.1 Å². The average molecular weight is 352 g/mol. The maximum atomic E-state index is 12.1. The lowest BCUT2D eigenvalue weighted by atomic mass is 10.0. The first-order chi connectivity index (χ1) is 11.7. The molecule has 0 heterocycles. The van der Waals surface area contributed by atoms with Gasteiger partial charge in [-0.05, 0) is 32.8 Å². The molecule has 140 valence electrons. The number of carbonyl (C=O) groups excluding carboxylic acids is 2. The van der Waals surface area contributed by atoms with Crippen molar-refractivity contribution in [1.82, 2.24) is 10.6 Å². The SMILES string of the molecule is COCCNC(=O)[C@@H](O)C(Cc1ccccc1)NC(=O)OC(C)(C)C. The molecular weight excluding hydrogens is 324 g/mol. The lowest BCUT2D eigenvalue weighted by Crippen LogP contribution is -2.52. The van der Waals surface area contributed by atoms with Crippen LogP contribution < -0.4 is 10.6 Å². The summed E-state index contributed by atoms with van der Waals surface area (Å²) in [5, 5.41) is 15.5. The summed E-state index contributed by atoms with van der Waals surface area (Å²) in [6.07, 6.45) is -1.80. The zero-order valence-corrected chi connectivity index (χ0v) is 15.2. The van der Waals surface area contributed by atoms with E-state index in [1.165, 1.54) is 7.11 Å². The Hall–Kier alpha value is -2.12. The summed E-state index contributed by atoms with van der Waals surface area (Å²) >= 11 is 0. The summed E-state index contributed by atoms with van der Waals surface area (Å²) < 4.78 is 10.1. The quantitative estimate of drug-likeness (QED) is 0.612. The van der Waals surface area contributed by atoms with Crippen molar-refractivity contribution in [3.05, 3.63) is 35.9 Å². The number of benzene rings is 1.